The van der Waals surface area contributed by atoms with Gasteiger partial charge < -0.3 is 14.4 Å². The second kappa shape index (κ2) is 8.83. The van der Waals surface area contributed by atoms with Crippen molar-refractivity contribution in [3.8, 4) is 6.07 Å². The Morgan fingerprint density at radius 2 is 1.96 bits per heavy atom. The van der Waals surface area contributed by atoms with Crippen molar-refractivity contribution < 1.29 is 4.79 Å². The fraction of sp³-hybridized carbons (Fsp3) is 0.476. The van der Waals surface area contributed by atoms with E-state index in [-0.39, 0.29) is 5.91 Å². The zero-order valence-electron chi connectivity index (χ0n) is 16.1. The number of amides is 1. The van der Waals surface area contributed by atoms with Crippen molar-refractivity contribution in [1.29, 1.82) is 5.26 Å². The number of aryl methyl sites for hydroxylation is 1. The highest BCUT2D eigenvalue weighted by Crippen LogP contribution is 2.28. The maximum absolute atomic E-state index is 12.7. The van der Waals surface area contributed by atoms with E-state index in [2.05, 4.69) is 40.8 Å². The van der Waals surface area contributed by atoms with E-state index in [1.54, 1.807) is 24.3 Å². The lowest BCUT2D eigenvalue weighted by atomic mass is 9.95. The van der Waals surface area contributed by atoms with Crippen LogP contribution >= 0.6 is 0 Å². The average molecular weight is 365 g/mol. The smallest absolute Gasteiger partial charge is 0.253 e. The van der Waals surface area contributed by atoms with Gasteiger partial charge >= 0.3 is 0 Å². The molecule has 3 rings (SSSR count). The van der Waals surface area contributed by atoms with E-state index in [0.717, 1.165) is 51.3 Å². The van der Waals surface area contributed by atoms with Crippen LogP contribution in [0.2, 0.25) is 0 Å². The van der Waals surface area contributed by atoms with Crippen molar-refractivity contribution in [2.24, 2.45) is 0 Å². The van der Waals surface area contributed by atoms with Crippen molar-refractivity contribution >= 4 is 5.91 Å². The number of benzene rings is 1. The number of aromatic nitrogens is 2. The number of hydrogen-bond donors (Lipinski definition) is 0. The first-order chi connectivity index (χ1) is 13.1. The van der Waals surface area contributed by atoms with Crippen LogP contribution in [0.25, 0.3) is 0 Å². The van der Waals surface area contributed by atoms with Gasteiger partial charge in [0.15, 0.2) is 0 Å². The lowest BCUT2D eigenvalue weighted by Gasteiger charge is -2.32. The summed E-state index contributed by atoms with van der Waals surface area (Å²) in [5.41, 5.74) is 1.23. The number of carbonyl (C=O) groups is 1. The highest BCUT2D eigenvalue weighted by molar-refractivity contribution is 5.94. The summed E-state index contributed by atoms with van der Waals surface area (Å²) in [5, 5.41) is 8.88. The number of piperidine rings is 1. The van der Waals surface area contributed by atoms with Gasteiger partial charge in [-0.1, -0.05) is 0 Å². The summed E-state index contributed by atoms with van der Waals surface area (Å²) >= 11 is 0. The van der Waals surface area contributed by atoms with Crippen LogP contribution in [0.4, 0.5) is 0 Å². The molecule has 1 aliphatic rings. The first-order valence-corrected chi connectivity index (χ1v) is 9.53. The lowest BCUT2D eigenvalue weighted by molar-refractivity contribution is 0.0710. The molecule has 0 atom stereocenters. The monoisotopic (exact) mass is 365 g/mol. The zero-order valence-corrected chi connectivity index (χ0v) is 16.1. The van der Waals surface area contributed by atoms with Crippen LogP contribution in [0.1, 0.15) is 46.9 Å². The van der Waals surface area contributed by atoms with Crippen molar-refractivity contribution in [2.75, 3.05) is 33.7 Å². The Kier molecular flexibility index (Phi) is 6.25. The van der Waals surface area contributed by atoms with Gasteiger partial charge in [-0.05, 0) is 64.2 Å². The minimum atomic E-state index is 0.0484. The van der Waals surface area contributed by atoms with Crippen molar-refractivity contribution in [3.63, 3.8) is 0 Å². The van der Waals surface area contributed by atoms with E-state index < -0.39 is 0 Å². The molecule has 2 heterocycles. The fourth-order valence-electron chi connectivity index (χ4n) is 3.64. The Hall–Kier alpha value is -2.65. The molecule has 6 nitrogen and oxygen atoms in total. The first kappa shape index (κ1) is 19.1. The van der Waals surface area contributed by atoms with Crippen molar-refractivity contribution in [1.82, 2.24) is 19.4 Å². The third kappa shape index (κ3) is 4.75. The van der Waals surface area contributed by atoms with Gasteiger partial charge in [0, 0.05) is 43.5 Å². The molecule has 1 aliphatic heterocycles. The van der Waals surface area contributed by atoms with E-state index in [1.165, 1.54) is 0 Å². The predicted molar refractivity (Wildman–Crippen MR) is 104 cm³/mol. The molecule has 0 spiro atoms. The number of carbonyl (C=O) groups excluding carboxylic acids is 1. The van der Waals surface area contributed by atoms with Gasteiger partial charge in [-0.3, -0.25) is 4.79 Å². The number of nitrogens with zero attached hydrogens (tertiary/aromatic N) is 5. The van der Waals surface area contributed by atoms with Crippen molar-refractivity contribution in [2.45, 2.75) is 31.7 Å². The Morgan fingerprint density at radius 3 is 2.59 bits per heavy atom. The van der Waals surface area contributed by atoms with E-state index in [9.17, 15) is 4.79 Å². The Balaban J connectivity index is 1.56. The topological polar surface area (TPSA) is 65.2 Å². The number of hydrogen-bond acceptors (Lipinski definition) is 4. The van der Waals surface area contributed by atoms with Gasteiger partial charge in [-0.15, -0.1) is 0 Å². The van der Waals surface area contributed by atoms with Gasteiger partial charge in [-0.2, -0.15) is 5.26 Å². The summed E-state index contributed by atoms with van der Waals surface area (Å²) in [6.07, 6.45) is 6.93. The predicted octanol–water partition coefficient (Wildman–Crippen LogP) is 2.73. The first-order valence-electron chi connectivity index (χ1n) is 9.53. The molecule has 0 saturated carbocycles. The molecule has 0 N–H and O–H groups in total. The molecule has 1 amide bonds. The third-order valence-corrected chi connectivity index (χ3v) is 5.16. The molecule has 0 radical (unpaired) electrons. The Bertz CT molecular complexity index is 795. The maximum Gasteiger partial charge on any atom is 0.253 e. The summed E-state index contributed by atoms with van der Waals surface area (Å²) in [5.74, 6) is 1.61. The van der Waals surface area contributed by atoms with Gasteiger partial charge in [-0.25, -0.2) is 4.98 Å². The van der Waals surface area contributed by atoms with E-state index >= 15 is 0 Å². The van der Waals surface area contributed by atoms with Crippen LogP contribution < -0.4 is 0 Å². The molecule has 142 valence electrons. The molecule has 2 aromatic rings. The van der Waals surface area contributed by atoms with Gasteiger partial charge in [0.25, 0.3) is 5.91 Å². The summed E-state index contributed by atoms with van der Waals surface area (Å²) in [4.78, 5) is 21.4. The second-order valence-corrected chi connectivity index (χ2v) is 7.39. The van der Waals surface area contributed by atoms with Crippen LogP contribution in [0.15, 0.2) is 36.7 Å². The molecule has 1 fully saturated rings. The number of nitriles is 1. The van der Waals surface area contributed by atoms with Gasteiger partial charge in [0.05, 0.1) is 11.6 Å². The van der Waals surface area contributed by atoms with Gasteiger partial charge in [0.2, 0.25) is 0 Å². The molecule has 6 heteroatoms. The van der Waals surface area contributed by atoms with Crippen LogP contribution in [0.3, 0.4) is 0 Å². The molecule has 1 aromatic carbocycles. The highest BCUT2D eigenvalue weighted by Gasteiger charge is 2.26. The Labute approximate surface area is 161 Å². The maximum atomic E-state index is 12.7. The average Bonchev–Trinajstić information content (AvgIpc) is 3.16. The molecule has 27 heavy (non-hydrogen) atoms. The SMILES string of the molecule is CN(C)CCCn1ccnc1C1CCN(C(=O)c2ccc(C#N)cc2)CC1. The standard InChI is InChI=1S/C21H27N5O/c1-24(2)11-3-12-25-15-10-23-20(25)18-8-13-26(14-9-18)21(27)19-6-4-17(16-22)5-7-19/h4-7,10,15,18H,3,8-9,11-14H2,1-2H3. The molecule has 1 aromatic heterocycles. The summed E-state index contributed by atoms with van der Waals surface area (Å²) in [6, 6.07) is 8.96. The number of imidazole rings is 1. The van der Waals surface area contributed by atoms with Crippen LogP contribution in [0, 0.1) is 11.3 Å². The molecular formula is C21H27N5O. The highest BCUT2D eigenvalue weighted by atomic mass is 16.2. The lowest BCUT2D eigenvalue weighted by Crippen LogP contribution is -2.38. The largest absolute Gasteiger partial charge is 0.339 e. The van der Waals surface area contributed by atoms with E-state index in [1.807, 2.05) is 11.1 Å². The third-order valence-electron chi connectivity index (χ3n) is 5.16. The number of rotatable bonds is 6. The Morgan fingerprint density at radius 1 is 1.26 bits per heavy atom. The van der Waals surface area contributed by atoms with Crippen LogP contribution in [-0.4, -0.2) is 59.0 Å². The molecule has 1 saturated heterocycles. The normalized spacial score (nSPS) is 15.1. The minimum absolute atomic E-state index is 0.0484. The zero-order chi connectivity index (χ0) is 19.2. The second-order valence-electron chi connectivity index (χ2n) is 7.39. The van der Waals surface area contributed by atoms with Crippen LogP contribution in [0.5, 0.6) is 0 Å². The quantitative estimate of drug-likeness (QED) is 0.789. The van der Waals surface area contributed by atoms with Gasteiger partial charge in [0.1, 0.15) is 5.82 Å². The van der Waals surface area contributed by atoms with Crippen LogP contribution in [-0.2, 0) is 6.54 Å². The molecular weight excluding hydrogens is 338 g/mol. The fourth-order valence-corrected chi connectivity index (χ4v) is 3.64. The molecule has 0 bridgehead atoms. The summed E-state index contributed by atoms with van der Waals surface area (Å²) in [6.45, 7) is 3.54. The van der Waals surface area contributed by atoms with Crippen molar-refractivity contribution in [3.05, 3.63) is 53.6 Å². The molecule has 0 aliphatic carbocycles. The molecule has 0 unspecified atom stereocenters. The summed E-state index contributed by atoms with van der Waals surface area (Å²) < 4.78 is 2.27. The minimum Gasteiger partial charge on any atom is -0.339 e. The number of likely N-dealkylation sites (tertiary alicyclic amines) is 1. The summed E-state index contributed by atoms with van der Waals surface area (Å²) in [7, 11) is 4.19. The van der Waals surface area contributed by atoms with E-state index in [0.29, 0.717) is 17.0 Å². The van der Waals surface area contributed by atoms with E-state index in [4.69, 9.17) is 5.26 Å².